The topological polar surface area (TPSA) is 222 Å². The summed E-state index contributed by atoms with van der Waals surface area (Å²) in [5.41, 5.74) is 5.44. The highest BCUT2D eigenvalue weighted by molar-refractivity contribution is 5.99. The molecule has 14 nitrogen and oxygen atoms in total. The summed E-state index contributed by atoms with van der Waals surface area (Å²) in [6.07, 6.45) is 1.82. The van der Waals surface area contributed by atoms with Gasteiger partial charge in [-0.05, 0) is 18.6 Å². The summed E-state index contributed by atoms with van der Waals surface area (Å²) >= 11 is 0. The zero-order chi connectivity index (χ0) is 24.2. The SMILES string of the molecule is NC1([18F])NC(=O)c2nc(CNc3ccc(C(=O)N[C@@H](CCC(=O)O)C(=O)O)cn3)cnc2N1. The van der Waals surface area contributed by atoms with Crippen LogP contribution in [0.5, 0.6) is 0 Å². The van der Waals surface area contributed by atoms with Gasteiger partial charge in [0.1, 0.15) is 11.9 Å². The van der Waals surface area contributed by atoms with Crippen molar-refractivity contribution < 1.29 is 33.8 Å². The average Bonchev–Trinajstić information content (AvgIpc) is 2.74. The molecule has 174 valence electrons. The minimum Gasteiger partial charge on any atom is -0.481 e. The minimum atomic E-state index is -2.63. The van der Waals surface area contributed by atoms with E-state index in [0.717, 1.165) is 0 Å². The smallest absolute Gasteiger partial charge is 0.326 e. The summed E-state index contributed by atoms with van der Waals surface area (Å²) in [7, 11) is 0. The number of amides is 2. The number of alkyl halides is 1. The Kier molecular flexibility index (Phi) is 6.62. The van der Waals surface area contributed by atoms with Crippen molar-refractivity contribution in [1.82, 2.24) is 25.6 Å². The zero-order valence-electron chi connectivity index (χ0n) is 16.8. The molecule has 0 radical (unpaired) electrons. The number of aromatic nitrogens is 3. The second-order valence-corrected chi connectivity index (χ2v) is 6.93. The fourth-order valence-electron chi connectivity index (χ4n) is 2.77. The van der Waals surface area contributed by atoms with Crippen LogP contribution in [0, 0.1) is 0 Å². The molecule has 0 spiro atoms. The van der Waals surface area contributed by atoms with Crippen LogP contribution in [0.15, 0.2) is 24.5 Å². The summed E-state index contributed by atoms with van der Waals surface area (Å²) in [4.78, 5) is 58.0. The third-order valence-corrected chi connectivity index (χ3v) is 4.36. The third kappa shape index (κ3) is 6.07. The maximum atomic E-state index is 13.7. The van der Waals surface area contributed by atoms with Crippen molar-refractivity contribution in [2.24, 2.45) is 5.73 Å². The number of rotatable bonds is 9. The number of carboxylic acid groups (broad SMARTS) is 2. The number of aliphatic carboxylic acids is 2. The van der Waals surface area contributed by atoms with Crippen LogP contribution < -0.4 is 27.0 Å². The van der Waals surface area contributed by atoms with E-state index < -0.39 is 42.3 Å². The van der Waals surface area contributed by atoms with E-state index in [9.17, 15) is 23.6 Å². The molecular weight excluding hydrogens is 442 g/mol. The van der Waals surface area contributed by atoms with Crippen LogP contribution in [-0.4, -0.2) is 61.0 Å². The van der Waals surface area contributed by atoms with Crippen LogP contribution in [0.3, 0.4) is 0 Å². The number of nitrogens with zero attached hydrogens (tertiary/aromatic N) is 3. The number of carboxylic acids is 2. The van der Waals surface area contributed by atoms with Gasteiger partial charge in [0.05, 0.1) is 24.0 Å². The van der Waals surface area contributed by atoms with Crippen LogP contribution in [0.1, 0.15) is 39.4 Å². The number of nitrogens with one attached hydrogen (secondary N) is 4. The number of halogens is 1. The first-order valence-electron chi connectivity index (χ1n) is 9.44. The van der Waals surface area contributed by atoms with E-state index in [1.54, 1.807) is 0 Å². The molecule has 0 saturated carbocycles. The zero-order valence-corrected chi connectivity index (χ0v) is 16.8. The number of nitrogens with two attached hydrogens (primary N) is 1. The molecule has 33 heavy (non-hydrogen) atoms. The molecule has 1 aliphatic heterocycles. The Bertz CT molecular complexity index is 1090. The van der Waals surface area contributed by atoms with Crippen molar-refractivity contribution in [3.63, 3.8) is 0 Å². The molecule has 0 aromatic carbocycles. The van der Waals surface area contributed by atoms with Crippen molar-refractivity contribution in [1.29, 1.82) is 0 Å². The van der Waals surface area contributed by atoms with Crippen LogP contribution in [0.25, 0.3) is 0 Å². The molecular formula is C18H19FN8O6. The highest BCUT2D eigenvalue weighted by Gasteiger charge is 2.35. The number of fused-ring (bicyclic) bond motifs is 1. The van der Waals surface area contributed by atoms with Gasteiger partial charge < -0.3 is 26.2 Å². The Balaban J connectivity index is 1.59. The first-order chi connectivity index (χ1) is 15.5. The molecule has 2 aromatic rings. The van der Waals surface area contributed by atoms with E-state index in [-0.39, 0.29) is 30.0 Å². The highest BCUT2D eigenvalue weighted by atomic mass is 18.2. The van der Waals surface area contributed by atoms with Crippen molar-refractivity contribution in [2.75, 3.05) is 10.6 Å². The van der Waals surface area contributed by atoms with Crippen molar-refractivity contribution in [2.45, 2.75) is 31.5 Å². The number of hydrogen-bond acceptors (Lipinski definition) is 10. The molecule has 2 amide bonds. The van der Waals surface area contributed by atoms with Gasteiger partial charge in [-0.15, -0.1) is 0 Å². The van der Waals surface area contributed by atoms with E-state index in [4.69, 9.17) is 15.9 Å². The molecule has 15 heteroatoms. The molecule has 0 saturated heterocycles. The van der Waals surface area contributed by atoms with Crippen molar-refractivity contribution >= 4 is 35.4 Å². The monoisotopic (exact) mass is 461 g/mol. The average molecular weight is 461 g/mol. The standard InChI is InChI=1S/C18H19FN8O6/c19-18(20)26-14-13(16(31)27-18)24-9(7-23-14)6-22-11-3-1-8(5-21-11)15(30)25-10(17(32)33)2-4-12(28)29/h1,3,5,7,10H,2,4,6,20H2,(H,21,22)(H,23,26)(H,25,30)(H,27,31)(H,28,29)(H,32,33)/t10-,18?/m0/s1/i19-1. The number of pyridine rings is 1. The van der Waals surface area contributed by atoms with Crippen molar-refractivity contribution in [3.05, 3.63) is 41.5 Å². The summed E-state index contributed by atoms with van der Waals surface area (Å²) < 4.78 is 13.7. The minimum absolute atomic E-state index is 0.0648. The number of carbonyl (C=O) groups is 4. The molecule has 0 aliphatic carbocycles. The number of hydrogen-bond donors (Lipinski definition) is 7. The Labute approximate surface area is 184 Å². The summed E-state index contributed by atoms with van der Waals surface area (Å²) in [6.45, 7) is 0.0891. The summed E-state index contributed by atoms with van der Waals surface area (Å²) in [5.74, 6) is -3.87. The van der Waals surface area contributed by atoms with Gasteiger partial charge in [-0.2, -0.15) is 4.39 Å². The van der Waals surface area contributed by atoms with Gasteiger partial charge in [-0.25, -0.2) is 19.7 Å². The second-order valence-electron chi connectivity index (χ2n) is 6.93. The van der Waals surface area contributed by atoms with Crippen molar-refractivity contribution in [3.8, 4) is 0 Å². The fraction of sp³-hybridized carbons (Fsp3) is 0.278. The first kappa shape index (κ1) is 23.3. The highest BCUT2D eigenvalue weighted by Crippen LogP contribution is 2.19. The molecule has 3 heterocycles. The molecule has 3 rings (SSSR count). The van der Waals surface area contributed by atoms with E-state index in [0.29, 0.717) is 11.5 Å². The molecule has 0 fully saturated rings. The Morgan fingerprint density at radius 2 is 1.94 bits per heavy atom. The number of carbonyl (C=O) groups excluding carboxylic acids is 2. The van der Waals surface area contributed by atoms with Gasteiger partial charge in [0.25, 0.3) is 11.8 Å². The molecule has 1 aliphatic rings. The lowest BCUT2D eigenvalue weighted by Crippen LogP contribution is -2.61. The predicted octanol–water partition coefficient (Wildman–Crippen LogP) is -0.774. The first-order valence-corrected chi connectivity index (χ1v) is 9.44. The lowest BCUT2D eigenvalue weighted by molar-refractivity contribution is -0.140. The molecule has 1 unspecified atom stereocenters. The normalized spacial score (nSPS) is 17.7. The summed E-state index contributed by atoms with van der Waals surface area (Å²) in [6, 6.07) is -1.15. The van der Waals surface area contributed by atoms with E-state index in [2.05, 4.69) is 30.9 Å². The molecule has 2 aromatic heterocycles. The maximum Gasteiger partial charge on any atom is 0.326 e. The van der Waals surface area contributed by atoms with Gasteiger partial charge in [-0.3, -0.25) is 25.4 Å². The second kappa shape index (κ2) is 9.39. The fourth-order valence-corrected chi connectivity index (χ4v) is 2.77. The Morgan fingerprint density at radius 1 is 1.18 bits per heavy atom. The van der Waals surface area contributed by atoms with Gasteiger partial charge in [0.15, 0.2) is 11.5 Å². The van der Waals surface area contributed by atoms with Crippen LogP contribution in [0.4, 0.5) is 16.0 Å². The Hall–Kier alpha value is -4.40. The largest absolute Gasteiger partial charge is 0.481 e. The van der Waals surface area contributed by atoms with Gasteiger partial charge in [-0.1, -0.05) is 0 Å². The van der Waals surface area contributed by atoms with Crippen LogP contribution in [-0.2, 0) is 16.1 Å². The molecule has 2 atom stereocenters. The summed E-state index contributed by atoms with van der Waals surface area (Å²) in [5, 5.41) is 27.0. The van der Waals surface area contributed by atoms with Gasteiger partial charge in [0.2, 0.25) is 0 Å². The van der Waals surface area contributed by atoms with E-state index >= 15 is 0 Å². The lowest BCUT2D eigenvalue weighted by Gasteiger charge is -2.28. The van der Waals surface area contributed by atoms with Gasteiger partial charge >= 0.3 is 18.0 Å². The van der Waals surface area contributed by atoms with E-state index in [1.165, 1.54) is 24.5 Å². The number of anilines is 2. The van der Waals surface area contributed by atoms with Gasteiger partial charge in [0, 0.05) is 12.6 Å². The van der Waals surface area contributed by atoms with Crippen LogP contribution >= 0.6 is 0 Å². The lowest BCUT2D eigenvalue weighted by atomic mass is 10.1. The van der Waals surface area contributed by atoms with E-state index in [1.807, 2.05) is 5.32 Å². The Morgan fingerprint density at radius 3 is 2.58 bits per heavy atom. The third-order valence-electron chi connectivity index (χ3n) is 4.36. The quantitative estimate of drug-likeness (QED) is 0.229. The molecule has 0 bridgehead atoms. The maximum absolute atomic E-state index is 13.7. The van der Waals surface area contributed by atoms with Crippen LogP contribution in [0.2, 0.25) is 0 Å². The molecule has 8 N–H and O–H groups in total. The predicted molar refractivity (Wildman–Crippen MR) is 108 cm³/mol.